The Hall–Kier alpha value is -2.36. The highest BCUT2D eigenvalue weighted by atomic mass is 35.5. The second kappa shape index (κ2) is 11.5. The van der Waals surface area contributed by atoms with Gasteiger partial charge in [0.25, 0.3) is 0 Å². The van der Waals surface area contributed by atoms with Crippen LogP contribution in [-0.4, -0.2) is 56.8 Å². The third-order valence-corrected chi connectivity index (χ3v) is 7.37. The van der Waals surface area contributed by atoms with Crippen LogP contribution >= 0.6 is 11.6 Å². The summed E-state index contributed by atoms with van der Waals surface area (Å²) in [6.45, 7) is 6.45. The first-order valence-corrected chi connectivity index (χ1v) is 12.4. The van der Waals surface area contributed by atoms with E-state index >= 15 is 0 Å². The first-order valence-electron chi connectivity index (χ1n) is 10.7. The van der Waals surface area contributed by atoms with Gasteiger partial charge in [0.15, 0.2) is 0 Å². The topological polar surface area (TPSA) is 84.3 Å². The van der Waals surface area contributed by atoms with E-state index in [2.05, 4.69) is 17.1 Å². The highest BCUT2D eigenvalue weighted by molar-refractivity contribution is 7.90. The molecule has 2 heterocycles. The molecule has 10 heteroatoms. The molecule has 1 aromatic carbocycles. The summed E-state index contributed by atoms with van der Waals surface area (Å²) in [5.41, 5.74) is 1.48. The molecule has 0 aliphatic carbocycles. The quantitative estimate of drug-likeness (QED) is 0.276. The van der Waals surface area contributed by atoms with Crippen molar-refractivity contribution in [2.24, 2.45) is 11.1 Å². The van der Waals surface area contributed by atoms with Crippen molar-refractivity contribution in [1.82, 2.24) is 9.29 Å². The zero-order valence-electron chi connectivity index (χ0n) is 18.4. The van der Waals surface area contributed by atoms with E-state index in [1.54, 1.807) is 18.3 Å². The minimum atomic E-state index is -3.54. The van der Waals surface area contributed by atoms with Crippen LogP contribution in [0.5, 0.6) is 5.75 Å². The summed E-state index contributed by atoms with van der Waals surface area (Å²) < 4.78 is 34.5. The molecule has 0 amide bonds. The number of anilines is 1. The van der Waals surface area contributed by atoms with Gasteiger partial charge < -0.3 is 9.57 Å². The lowest BCUT2D eigenvalue weighted by Gasteiger charge is -2.21. The number of halogens is 1. The maximum atomic E-state index is 12.9. The lowest BCUT2D eigenvalue weighted by molar-refractivity contribution is 0.160. The van der Waals surface area contributed by atoms with E-state index in [-0.39, 0.29) is 5.15 Å². The van der Waals surface area contributed by atoms with Crippen LogP contribution in [0, 0.1) is 5.92 Å². The average Bonchev–Trinajstić information content (AvgIpc) is 3.07. The molecule has 1 aliphatic heterocycles. The van der Waals surface area contributed by atoms with Gasteiger partial charge in [0.2, 0.25) is 0 Å². The standard InChI is InChI=1S/C22H29ClN4O4S/c1-3-31-25-17-19-4-6-21(7-5-19)30-15-10-18(2)9-12-26-13-14-27(32(26,28)29)20-8-11-24-22(23)16-20/h4-8,11,16-18H,3,9-10,12-15H2,1-2H3/b25-17+. The van der Waals surface area contributed by atoms with Crippen molar-refractivity contribution in [1.29, 1.82) is 0 Å². The lowest BCUT2D eigenvalue weighted by atomic mass is 10.0. The number of ether oxygens (including phenoxy) is 1. The van der Waals surface area contributed by atoms with E-state index < -0.39 is 10.2 Å². The van der Waals surface area contributed by atoms with Crippen LogP contribution in [0.4, 0.5) is 5.69 Å². The molecular weight excluding hydrogens is 452 g/mol. The molecule has 1 atom stereocenters. The molecule has 0 saturated carbocycles. The zero-order valence-corrected chi connectivity index (χ0v) is 19.9. The average molecular weight is 481 g/mol. The van der Waals surface area contributed by atoms with Gasteiger partial charge in [-0.15, -0.1) is 0 Å². The third kappa shape index (κ3) is 6.57. The molecule has 2 aromatic rings. The van der Waals surface area contributed by atoms with E-state index in [4.69, 9.17) is 21.2 Å². The van der Waals surface area contributed by atoms with Crippen molar-refractivity contribution in [3.63, 3.8) is 0 Å². The largest absolute Gasteiger partial charge is 0.494 e. The van der Waals surface area contributed by atoms with Crippen LogP contribution in [0.1, 0.15) is 32.3 Å². The SMILES string of the molecule is CCO/N=C/c1ccc(OCCC(C)CCN2CCN(c3ccnc(Cl)c3)S2(=O)=O)cc1. The Labute approximate surface area is 195 Å². The molecule has 1 unspecified atom stereocenters. The Bertz CT molecular complexity index is 1000. The normalized spacial score (nSPS) is 17.0. The van der Waals surface area contributed by atoms with Crippen molar-refractivity contribution in [2.75, 3.05) is 37.2 Å². The van der Waals surface area contributed by atoms with Crippen molar-refractivity contribution >= 4 is 33.7 Å². The second-order valence-electron chi connectivity index (χ2n) is 7.57. The molecule has 8 nitrogen and oxygen atoms in total. The van der Waals surface area contributed by atoms with Crippen LogP contribution < -0.4 is 9.04 Å². The predicted molar refractivity (Wildman–Crippen MR) is 127 cm³/mol. The molecule has 0 N–H and O–H groups in total. The molecule has 3 rings (SSSR count). The number of hydrogen-bond donors (Lipinski definition) is 0. The molecule has 1 aromatic heterocycles. The number of rotatable bonds is 11. The van der Waals surface area contributed by atoms with Crippen molar-refractivity contribution in [2.45, 2.75) is 26.7 Å². The van der Waals surface area contributed by atoms with Crippen LogP contribution in [0.3, 0.4) is 0 Å². The molecule has 0 bridgehead atoms. The molecule has 0 radical (unpaired) electrons. The summed E-state index contributed by atoms with van der Waals surface area (Å²) in [6, 6.07) is 10.9. The van der Waals surface area contributed by atoms with Gasteiger partial charge in [-0.1, -0.05) is 23.7 Å². The molecule has 1 aliphatic rings. The summed E-state index contributed by atoms with van der Waals surface area (Å²) in [5, 5.41) is 4.12. The fourth-order valence-corrected chi connectivity index (χ4v) is 5.11. The van der Waals surface area contributed by atoms with Gasteiger partial charge >= 0.3 is 10.2 Å². The van der Waals surface area contributed by atoms with Gasteiger partial charge in [-0.05, 0) is 67.6 Å². The molecule has 0 spiro atoms. The number of nitrogens with zero attached hydrogens (tertiary/aromatic N) is 4. The summed E-state index contributed by atoms with van der Waals surface area (Å²) in [4.78, 5) is 8.87. The summed E-state index contributed by atoms with van der Waals surface area (Å²) in [6.07, 6.45) is 4.78. The van der Waals surface area contributed by atoms with E-state index in [1.165, 1.54) is 14.8 Å². The summed E-state index contributed by atoms with van der Waals surface area (Å²) in [7, 11) is -3.54. The van der Waals surface area contributed by atoms with Crippen LogP contribution in [0.15, 0.2) is 47.8 Å². The predicted octanol–water partition coefficient (Wildman–Crippen LogP) is 3.97. The Kier molecular flexibility index (Phi) is 8.72. The van der Waals surface area contributed by atoms with E-state index in [1.807, 2.05) is 31.2 Å². The van der Waals surface area contributed by atoms with E-state index in [9.17, 15) is 8.42 Å². The number of hydrogen-bond acceptors (Lipinski definition) is 6. The highest BCUT2D eigenvalue weighted by Gasteiger charge is 2.36. The third-order valence-electron chi connectivity index (χ3n) is 5.19. The van der Waals surface area contributed by atoms with Crippen molar-refractivity contribution in [3.8, 4) is 5.75 Å². The first-order chi connectivity index (χ1) is 15.4. The van der Waals surface area contributed by atoms with E-state index in [0.717, 1.165) is 24.2 Å². The fraction of sp³-hybridized carbons (Fsp3) is 0.455. The fourth-order valence-electron chi connectivity index (χ4n) is 3.32. The number of oxime groups is 1. The van der Waals surface area contributed by atoms with Gasteiger partial charge in [-0.3, -0.25) is 4.31 Å². The first kappa shape index (κ1) is 24.3. The van der Waals surface area contributed by atoms with Gasteiger partial charge in [0.05, 0.1) is 18.5 Å². The Morgan fingerprint density at radius 2 is 2.00 bits per heavy atom. The molecule has 1 saturated heterocycles. The van der Waals surface area contributed by atoms with Crippen molar-refractivity contribution < 1.29 is 18.0 Å². The minimum absolute atomic E-state index is 0.276. The minimum Gasteiger partial charge on any atom is -0.494 e. The maximum absolute atomic E-state index is 12.9. The van der Waals surface area contributed by atoms with Crippen LogP contribution in [-0.2, 0) is 15.0 Å². The number of aromatic nitrogens is 1. The Morgan fingerprint density at radius 3 is 2.72 bits per heavy atom. The lowest BCUT2D eigenvalue weighted by Crippen LogP contribution is -2.34. The molecule has 1 fully saturated rings. The van der Waals surface area contributed by atoms with E-state index in [0.29, 0.717) is 44.5 Å². The summed E-state index contributed by atoms with van der Waals surface area (Å²) >= 11 is 5.91. The van der Waals surface area contributed by atoms with Gasteiger partial charge in [-0.2, -0.15) is 12.7 Å². The molecular formula is C22H29ClN4O4S. The zero-order chi connectivity index (χ0) is 23.0. The van der Waals surface area contributed by atoms with Crippen LogP contribution in [0.25, 0.3) is 0 Å². The monoisotopic (exact) mass is 480 g/mol. The van der Waals surface area contributed by atoms with Gasteiger partial charge in [0, 0.05) is 25.8 Å². The Balaban J connectivity index is 1.42. The van der Waals surface area contributed by atoms with Gasteiger partial charge in [-0.25, -0.2) is 4.98 Å². The molecule has 174 valence electrons. The Morgan fingerprint density at radius 1 is 1.22 bits per heavy atom. The highest BCUT2D eigenvalue weighted by Crippen LogP contribution is 2.27. The number of benzene rings is 1. The molecule has 32 heavy (non-hydrogen) atoms. The van der Waals surface area contributed by atoms with Gasteiger partial charge in [0.1, 0.15) is 17.5 Å². The summed E-state index contributed by atoms with van der Waals surface area (Å²) in [5.74, 6) is 1.12. The number of pyridine rings is 1. The maximum Gasteiger partial charge on any atom is 0.304 e. The van der Waals surface area contributed by atoms with Crippen LogP contribution in [0.2, 0.25) is 5.15 Å². The van der Waals surface area contributed by atoms with Crippen molar-refractivity contribution in [3.05, 3.63) is 53.3 Å². The smallest absolute Gasteiger partial charge is 0.304 e. The second-order valence-corrected chi connectivity index (χ2v) is 9.81.